The average molecular weight is 212 g/mol. The maximum absolute atomic E-state index is 5.93. The minimum Gasteiger partial charge on any atom is -0.381 e. The normalized spacial score (nSPS) is 41.2. The minimum atomic E-state index is 0.165. The number of hydrogen-bond donors (Lipinski definition) is 2. The van der Waals surface area contributed by atoms with Crippen LogP contribution in [0.1, 0.15) is 32.6 Å². The number of ether oxygens (including phenoxy) is 1. The van der Waals surface area contributed by atoms with Gasteiger partial charge in [-0.25, -0.2) is 0 Å². The SMILES string of the molecule is CC1CC1CNC1(CN)CCCOCC1. The summed E-state index contributed by atoms with van der Waals surface area (Å²) < 4.78 is 5.50. The molecule has 1 aliphatic heterocycles. The van der Waals surface area contributed by atoms with E-state index in [0.717, 1.165) is 51.0 Å². The number of nitrogens with one attached hydrogen (secondary N) is 1. The lowest BCUT2D eigenvalue weighted by atomic mass is 9.90. The molecule has 3 nitrogen and oxygen atoms in total. The van der Waals surface area contributed by atoms with Crippen LogP contribution in [-0.4, -0.2) is 31.8 Å². The fourth-order valence-electron chi connectivity index (χ4n) is 2.49. The van der Waals surface area contributed by atoms with Crippen molar-refractivity contribution in [2.45, 2.75) is 38.1 Å². The van der Waals surface area contributed by atoms with E-state index in [9.17, 15) is 0 Å². The van der Waals surface area contributed by atoms with Crippen molar-refractivity contribution in [3.63, 3.8) is 0 Å². The van der Waals surface area contributed by atoms with Gasteiger partial charge in [-0.3, -0.25) is 0 Å². The fourth-order valence-corrected chi connectivity index (χ4v) is 2.49. The second kappa shape index (κ2) is 4.81. The van der Waals surface area contributed by atoms with Crippen LogP contribution in [0.3, 0.4) is 0 Å². The molecule has 0 radical (unpaired) electrons. The average Bonchev–Trinajstić information content (AvgIpc) is 2.99. The van der Waals surface area contributed by atoms with E-state index in [1.165, 1.54) is 12.8 Å². The van der Waals surface area contributed by atoms with Crippen LogP contribution in [0.15, 0.2) is 0 Å². The van der Waals surface area contributed by atoms with Crippen LogP contribution in [0, 0.1) is 11.8 Å². The Kier molecular flexibility index (Phi) is 3.65. The molecule has 1 saturated carbocycles. The number of rotatable bonds is 4. The highest BCUT2D eigenvalue weighted by Gasteiger charge is 2.36. The molecular weight excluding hydrogens is 188 g/mol. The first kappa shape index (κ1) is 11.4. The van der Waals surface area contributed by atoms with Crippen LogP contribution in [0.25, 0.3) is 0 Å². The summed E-state index contributed by atoms with van der Waals surface area (Å²) in [6.07, 6.45) is 4.78. The van der Waals surface area contributed by atoms with Crippen molar-refractivity contribution in [2.75, 3.05) is 26.3 Å². The smallest absolute Gasteiger partial charge is 0.0484 e. The summed E-state index contributed by atoms with van der Waals surface area (Å²) in [6, 6.07) is 0. The maximum Gasteiger partial charge on any atom is 0.0484 e. The lowest BCUT2D eigenvalue weighted by molar-refractivity contribution is 0.136. The van der Waals surface area contributed by atoms with Crippen LogP contribution < -0.4 is 11.1 Å². The fraction of sp³-hybridized carbons (Fsp3) is 1.00. The van der Waals surface area contributed by atoms with E-state index in [4.69, 9.17) is 10.5 Å². The molecule has 1 saturated heterocycles. The zero-order valence-corrected chi connectivity index (χ0v) is 9.80. The second-order valence-electron chi connectivity index (χ2n) is 5.30. The summed E-state index contributed by atoms with van der Waals surface area (Å²) in [7, 11) is 0. The standard InChI is InChI=1S/C12H24N2O/c1-10-7-11(10)8-14-12(9-13)3-2-5-15-6-4-12/h10-11,14H,2-9,13H2,1H3. The summed E-state index contributed by atoms with van der Waals surface area (Å²) in [6.45, 7) is 6.00. The van der Waals surface area contributed by atoms with Gasteiger partial charge in [0.15, 0.2) is 0 Å². The van der Waals surface area contributed by atoms with Crippen molar-refractivity contribution >= 4 is 0 Å². The molecule has 0 spiro atoms. The van der Waals surface area contributed by atoms with E-state index in [1.807, 2.05) is 0 Å². The topological polar surface area (TPSA) is 47.3 Å². The number of nitrogens with two attached hydrogens (primary N) is 1. The Bertz CT molecular complexity index is 200. The summed E-state index contributed by atoms with van der Waals surface area (Å²) in [5, 5.41) is 3.71. The Morgan fingerprint density at radius 3 is 2.87 bits per heavy atom. The molecule has 88 valence electrons. The molecule has 2 rings (SSSR count). The van der Waals surface area contributed by atoms with Crippen molar-refractivity contribution < 1.29 is 4.74 Å². The Morgan fingerprint density at radius 1 is 1.40 bits per heavy atom. The lowest BCUT2D eigenvalue weighted by Gasteiger charge is -2.32. The predicted octanol–water partition coefficient (Wildman–Crippen LogP) is 1.13. The Labute approximate surface area is 92.7 Å². The molecule has 1 aliphatic carbocycles. The van der Waals surface area contributed by atoms with E-state index >= 15 is 0 Å². The highest BCUT2D eigenvalue weighted by Crippen LogP contribution is 2.37. The third-order valence-electron chi connectivity index (χ3n) is 4.08. The van der Waals surface area contributed by atoms with Gasteiger partial charge >= 0.3 is 0 Å². The first-order valence-corrected chi connectivity index (χ1v) is 6.29. The van der Waals surface area contributed by atoms with Gasteiger partial charge in [0.25, 0.3) is 0 Å². The molecule has 15 heavy (non-hydrogen) atoms. The Hall–Kier alpha value is -0.120. The third-order valence-corrected chi connectivity index (χ3v) is 4.08. The molecule has 0 aromatic rings. The van der Waals surface area contributed by atoms with E-state index < -0.39 is 0 Å². The molecule has 3 unspecified atom stereocenters. The number of hydrogen-bond acceptors (Lipinski definition) is 3. The van der Waals surface area contributed by atoms with Gasteiger partial charge in [-0.05, 0) is 44.1 Å². The molecule has 3 atom stereocenters. The van der Waals surface area contributed by atoms with Crippen molar-refractivity contribution in [3.8, 4) is 0 Å². The Morgan fingerprint density at radius 2 is 2.20 bits per heavy atom. The molecule has 3 heteroatoms. The highest BCUT2D eigenvalue weighted by atomic mass is 16.5. The van der Waals surface area contributed by atoms with Crippen molar-refractivity contribution in [2.24, 2.45) is 17.6 Å². The summed E-state index contributed by atoms with van der Waals surface area (Å²) in [4.78, 5) is 0. The monoisotopic (exact) mass is 212 g/mol. The molecule has 0 aromatic carbocycles. The lowest BCUT2D eigenvalue weighted by Crippen LogP contribution is -2.52. The van der Waals surface area contributed by atoms with Crippen LogP contribution >= 0.6 is 0 Å². The van der Waals surface area contributed by atoms with Crippen molar-refractivity contribution in [1.82, 2.24) is 5.32 Å². The molecule has 3 N–H and O–H groups in total. The van der Waals surface area contributed by atoms with Crippen LogP contribution in [0.4, 0.5) is 0 Å². The predicted molar refractivity (Wildman–Crippen MR) is 61.7 cm³/mol. The maximum atomic E-state index is 5.93. The zero-order chi connectivity index (χ0) is 10.7. The third kappa shape index (κ3) is 2.92. The van der Waals surface area contributed by atoms with Gasteiger partial charge in [0.05, 0.1) is 0 Å². The van der Waals surface area contributed by atoms with Gasteiger partial charge in [-0.1, -0.05) is 6.92 Å². The summed E-state index contributed by atoms with van der Waals surface area (Å²) in [5.41, 5.74) is 6.10. The first-order chi connectivity index (χ1) is 7.26. The molecular formula is C12H24N2O. The van der Waals surface area contributed by atoms with Crippen molar-refractivity contribution in [3.05, 3.63) is 0 Å². The van der Waals surface area contributed by atoms with Gasteiger partial charge in [-0.15, -0.1) is 0 Å². The van der Waals surface area contributed by atoms with E-state index in [0.29, 0.717) is 0 Å². The van der Waals surface area contributed by atoms with Gasteiger partial charge in [0, 0.05) is 25.3 Å². The van der Waals surface area contributed by atoms with Gasteiger partial charge < -0.3 is 15.8 Å². The van der Waals surface area contributed by atoms with Gasteiger partial charge in [0.2, 0.25) is 0 Å². The van der Waals surface area contributed by atoms with E-state index in [-0.39, 0.29) is 5.54 Å². The zero-order valence-electron chi connectivity index (χ0n) is 9.80. The molecule has 2 fully saturated rings. The quantitative estimate of drug-likeness (QED) is 0.734. The largest absolute Gasteiger partial charge is 0.381 e. The van der Waals surface area contributed by atoms with Crippen LogP contribution in [-0.2, 0) is 4.74 Å². The highest BCUT2D eigenvalue weighted by molar-refractivity contribution is 4.93. The van der Waals surface area contributed by atoms with Gasteiger partial charge in [0.1, 0.15) is 0 Å². The Balaban J connectivity index is 1.82. The van der Waals surface area contributed by atoms with Crippen LogP contribution in [0.2, 0.25) is 0 Å². The molecule has 1 heterocycles. The molecule has 0 aromatic heterocycles. The molecule has 0 bridgehead atoms. The van der Waals surface area contributed by atoms with E-state index in [2.05, 4.69) is 12.2 Å². The first-order valence-electron chi connectivity index (χ1n) is 6.29. The minimum absolute atomic E-state index is 0.165. The molecule has 2 aliphatic rings. The van der Waals surface area contributed by atoms with Gasteiger partial charge in [-0.2, -0.15) is 0 Å². The molecule has 0 amide bonds. The second-order valence-corrected chi connectivity index (χ2v) is 5.30. The summed E-state index contributed by atoms with van der Waals surface area (Å²) in [5.74, 6) is 1.83. The van der Waals surface area contributed by atoms with Crippen molar-refractivity contribution in [1.29, 1.82) is 0 Å². The van der Waals surface area contributed by atoms with Crippen LogP contribution in [0.5, 0.6) is 0 Å². The summed E-state index contributed by atoms with van der Waals surface area (Å²) >= 11 is 0. The van der Waals surface area contributed by atoms with E-state index in [1.54, 1.807) is 0 Å².